The lowest BCUT2D eigenvalue weighted by Crippen LogP contribution is -2.46. The van der Waals surface area contributed by atoms with Crippen molar-refractivity contribution < 1.29 is 9.21 Å². The lowest BCUT2D eigenvalue weighted by Gasteiger charge is -2.23. The first-order chi connectivity index (χ1) is 10.1. The number of benzene rings is 1. The van der Waals surface area contributed by atoms with E-state index in [4.69, 9.17) is 4.42 Å². The van der Waals surface area contributed by atoms with Crippen LogP contribution in [-0.2, 0) is 11.2 Å². The number of hydrogen-bond acceptors (Lipinski definition) is 3. The zero-order chi connectivity index (χ0) is 14.8. The van der Waals surface area contributed by atoms with Gasteiger partial charge in [0.25, 0.3) is 0 Å². The molecule has 0 saturated carbocycles. The average molecular weight is 323 g/mol. The fraction of sp³-hybridized carbons (Fsp3) is 0.471. The van der Waals surface area contributed by atoms with Crippen molar-refractivity contribution in [2.24, 2.45) is 0 Å². The van der Waals surface area contributed by atoms with Gasteiger partial charge in [0.15, 0.2) is 0 Å². The standard InChI is InChI=1S/C17H22N2O2.ClH/c1-11-6-15-13(10-21-16(15)7-12(11)2)8-17(20)19-14-4-3-5-18-9-14;/h6-7,10,14,18H,3-5,8-9H2,1-2H3,(H,19,20);1H/t14-;/m0./s1. The Kier molecular flexibility index (Phi) is 5.48. The van der Waals surface area contributed by atoms with E-state index in [0.29, 0.717) is 6.42 Å². The van der Waals surface area contributed by atoms with Crippen LogP contribution in [0.5, 0.6) is 0 Å². The molecule has 0 unspecified atom stereocenters. The molecule has 1 fully saturated rings. The Balaban J connectivity index is 0.00000176. The molecule has 0 radical (unpaired) electrons. The van der Waals surface area contributed by atoms with E-state index >= 15 is 0 Å². The first-order valence-corrected chi connectivity index (χ1v) is 7.61. The number of hydrogen-bond donors (Lipinski definition) is 2. The van der Waals surface area contributed by atoms with E-state index in [2.05, 4.69) is 30.5 Å². The molecule has 3 rings (SSSR count). The molecule has 120 valence electrons. The van der Waals surface area contributed by atoms with Gasteiger partial charge in [-0.2, -0.15) is 0 Å². The second-order valence-electron chi connectivity index (χ2n) is 5.98. The van der Waals surface area contributed by atoms with E-state index in [9.17, 15) is 4.79 Å². The molecule has 1 amide bonds. The van der Waals surface area contributed by atoms with Crippen LogP contribution in [0.3, 0.4) is 0 Å². The highest BCUT2D eigenvalue weighted by atomic mass is 35.5. The van der Waals surface area contributed by atoms with Crippen LogP contribution in [0.15, 0.2) is 22.8 Å². The number of carbonyl (C=O) groups excluding carboxylic acids is 1. The summed E-state index contributed by atoms with van der Waals surface area (Å²) in [6.07, 6.45) is 4.27. The van der Waals surface area contributed by atoms with Gasteiger partial charge >= 0.3 is 0 Å². The van der Waals surface area contributed by atoms with Gasteiger partial charge in [0.1, 0.15) is 5.58 Å². The van der Waals surface area contributed by atoms with Crippen molar-refractivity contribution >= 4 is 29.3 Å². The SMILES string of the molecule is Cc1cc2occ(CC(=O)N[C@H]3CCCNC3)c2cc1C.Cl. The molecular weight excluding hydrogens is 300 g/mol. The summed E-state index contributed by atoms with van der Waals surface area (Å²) in [6.45, 7) is 6.08. The summed E-state index contributed by atoms with van der Waals surface area (Å²) in [5, 5.41) is 7.46. The fourth-order valence-electron chi connectivity index (χ4n) is 2.90. The number of furan rings is 1. The summed E-state index contributed by atoms with van der Waals surface area (Å²) in [5.41, 5.74) is 4.26. The highest BCUT2D eigenvalue weighted by molar-refractivity contribution is 5.88. The van der Waals surface area contributed by atoms with E-state index in [1.807, 2.05) is 6.07 Å². The van der Waals surface area contributed by atoms with E-state index in [0.717, 1.165) is 42.5 Å². The molecule has 22 heavy (non-hydrogen) atoms. The van der Waals surface area contributed by atoms with Gasteiger partial charge in [0.05, 0.1) is 12.7 Å². The van der Waals surface area contributed by atoms with E-state index < -0.39 is 0 Å². The maximum atomic E-state index is 12.2. The fourth-order valence-corrected chi connectivity index (χ4v) is 2.90. The van der Waals surface area contributed by atoms with Crippen LogP contribution in [0, 0.1) is 13.8 Å². The average Bonchev–Trinajstić information content (AvgIpc) is 2.83. The lowest BCUT2D eigenvalue weighted by molar-refractivity contribution is -0.121. The van der Waals surface area contributed by atoms with Gasteiger partial charge in [0, 0.05) is 23.5 Å². The molecule has 1 aromatic carbocycles. The lowest BCUT2D eigenvalue weighted by atomic mass is 10.0. The minimum atomic E-state index is 0. The molecule has 1 atom stereocenters. The number of rotatable bonds is 3. The molecule has 2 N–H and O–H groups in total. The Labute approximate surface area is 137 Å². The quantitative estimate of drug-likeness (QED) is 0.913. The third kappa shape index (κ3) is 3.62. The normalized spacial score (nSPS) is 18.0. The maximum Gasteiger partial charge on any atom is 0.224 e. The predicted octanol–water partition coefficient (Wildman–Crippen LogP) is 2.88. The van der Waals surface area contributed by atoms with Crippen molar-refractivity contribution in [3.8, 4) is 0 Å². The van der Waals surface area contributed by atoms with Crippen molar-refractivity contribution in [2.75, 3.05) is 13.1 Å². The van der Waals surface area contributed by atoms with Crippen LogP contribution in [0.1, 0.15) is 29.5 Å². The second-order valence-corrected chi connectivity index (χ2v) is 5.98. The molecule has 0 bridgehead atoms. The number of nitrogens with one attached hydrogen (secondary N) is 2. The van der Waals surface area contributed by atoms with Crippen molar-refractivity contribution in [1.82, 2.24) is 10.6 Å². The molecule has 5 heteroatoms. The Hall–Kier alpha value is -1.52. The van der Waals surface area contributed by atoms with Crippen LogP contribution in [0.25, 0.3) is 11.0 Å². The van der Waals surface area contributed by atoms with Crippen LogP contribution in [0.2, 0.25) is 0 Å². The number of piperidine rings is 1. The second kappa shape index (κ2) is 7.16. The molecule has 1 aliphatic rings. The summed E-state index contributed by atoms with van der Waals surface area (Å²) < 4.78 is 5.58. The Morgan fingerprint density at radius 2 is 2.14 bits per heavy atom. The highest BCUT2D eigenvalue weighted by Gasteiger charge is 2.17. The van der Waals surface area contributed by atoms with Gasteiger partial charge in [-0.3, -0.25) is 4.79 Å². The number of carbonyl (C=O) groups is 1. The molecule has 1 aromatic heterocycles. The number of aryl methyl sites for hydroxylation is 2. The Morgan fingerprint density at radius 3 is 2.86 bits per heavy atom. The van der Waals surface area contributed by atoms with Crippen molar-refractivity contribution in [3.05, 3.63) is 35.1 Å². The topological polar surface area (TPSA) is 54.3 Å². The van der Waals surface area contributed by atoms with Crippen molar-refractivity contribution in [3.63, 3.8) is 0 Å². The molecular formula is C17H23ClN2O2. The molecule has 0 spiro atoms. The van der Waals surface area contributed by atoms with Gasteiger partial charge in [0.2, 0.25) is 5.91 Å². The van der Waals surface area contributed by atoms with Crippen LogP contribution in [-0.4, -0.2) is 25.0 Å². The zero-order valence-corrected chi connectivity index (χ0v) is 13.9. The maximum absolute atomic E-state index is 12.2. The molecule has 2 heterocycles. The Bertz CT molecular complexity index is 660. The minimum Gasteiger partial charge on any atom is -0.464 e. The molecule has 4 nitrogen and oxygen atoms in total. The smallest absolute Gasteiger partial charge is 0.224 e. The summed E-state index contributed by atoms with van der Waals surface area (Å²) in [5.74, 6) is 0.0737. The third-order valence-electron chi connectivity index (χ3n) is 4.28. The summed E-state index contributed by atoms with van der Waals surface area (Å²) in [6, 6.07) is 4.41. The van der Waals surface area contributed by atoms with Crippen molar-refractivity contribution in [2.45, 2.75) is 39.2 Å². The van der Waals surface area contributed by atoms with Gasteiger partial charge in [-0.1, -0.05) is 0 Å². The van der Waals surface area contributed by atoms with Crippen LogP contribution >= 0.6 is 12.4 Å². The highest BCUT2D eigenvalue weighted by Crippen LogP contribution is 2.25. The predicted molar refractivity (Wildman–Crippen MR) is 90.7 cm³/mol. The summed E-state index contributed by atoms with van der Waals surface area (Å²) in [7, 11) is 0. The van der Waals surface area contributed by atoms with Gasteiger partial charge in [-0.05, 0) is 56.5 Å². The van der Waals surface area contributed by atoms with Gasteiger partial charge in [-0.15, -0.1) is 12.4 Å². The third-order valence-corrected chi connectivity index (χ3v) is 4.28. The monoisotopic (exact) mass is 322 g/mol. The van der Waals surface area contributed by atoms with Gasteiger partial charge in [-0.25, -0.2) is 0 Å². The zero-order valence-electron chi connectivity index (χ0n) is 13.1. The molecule has 0 aliphatic carbocycles. The largest absolute Gasteiger partial charge is 0.464 e. The molecule has 1 aliphatic heterocycles. The summed E-state index contributed by atoms with van der Waals surface area (Å²) in [4.78, 5) is 12.2. The van der Waals surface area contributed by atoms with Gasteiger partial charge < -0.3 is 15.1 Å². The first kappa shape index (κ1) is 16.8. The van der Waals surface area contributed by atoms with Crippen LogP contribution in [0.4, 0.5) is 0 Å². The number of amides is 1. The van der Waals surface area contributed by atoms with Crippen molar-refractivity contribution in [1.29, 1.82) is 0 Å². The summed E-state index contributed by atoms with van der Waals surface area (Å²) >= 11 is 0. The Morgan fingerprint density at radius 1 is 1.36 bits per heavy atom. The first-order valence-electron chi connectivity index (χ1n) is 7.61. The van der Waals surface area contributed by atoms with E-state index in [-0.39, 0.29) is 24.4 Å². The minimum absolute atomic E-state index is 0. The number of fused-ring (bicyclic) bond motifs is 1. The number of halogens is 1. The van der Waals surface area contributed by atoms with Crippen LogP contribution < -0.4 is 10.6 Å². The van der Waals surface area contributed by atoms with E-state index in [1.165, 1.54) is 11.1 Å². The molecule has 2 aromatic rings. The molecule has 1 saturated heterocycles. The van der Waals surface area contributed by atoms with E-state index in [1.54, 1.807) is 6.26 Å².